The Labute approximate surface area is 187 Å². The first-order valence-corrected chi connectivity index (χ1v) is 11.8. The van der Waals surface area contributed by atoms with Crippen LogP contribution in [0.25, 0.3) is 0 Å². The van der Waals surface area contributed by atoms with E-state index in [1.165, 1.54) is 53.9 Å². The van der Waals surface area contributed by atoms with Crippen LogP contribution in [0.15, 0.2) is 47.4 Å². The van der Waals surface area contributed by atoms with Gasteiger partial charge in [0.25, 0.3) is 5.91 Å². The molecule has 0 saturated heterocycles. The van der Waals surface area contributed by atoms with Gasteiger partial charge in [-0.15, -0.1) is 0 Å². The molecule has 1 aliphatic rings. The quantitative estimate of drug-likeness (QED) is 0.642. The van der Waals surface area contributed by atoms with Crippen molar-refractivity contribution in [2.45, 2.75) is 43.0 Å². The molecule has 0 atom stereocenters. The fraction of sp³-hybridized carbons (Fsp3) is 0.364. The molecule has 0 heterocycles. The van der Waals surface area contributed by atoms with Crippen LogP contribution in [0.3, 0.4) is 0 Å². The lowest BCUT2D eigenvalue weighted by Crippen LogP contribution is -2.38. The Morgan fingerprint density at radius 1 is 1.03 bits per heavy atom. The van der Waals surface area contributed by atoms with Crippen LogP contribution in [0.2, 0.25) is 5.02 Å². The second-order valence-electron chi connectivity index (χ2n) is 7.48. The fourth-order valence-electron chi connectivity index (χ4n) is 3.65. The van der Waals surface area contributed by atoms with Crippen molar-refractivity contribution in [3.8, 4) is 0 Å². The number of hydrogen-bond donors (Lipinski definition) is 1. The molecule has 0 unspecified atom stereocenters. The minimum absolute atomic E-state index is 0.00551. The van der Waals surface area contributed by atoms with Gasteiger partial charge in [-0.1, -0.05) is 30.9 Å². The highest BCUT2D eigenvalue weighted by atomic mass is 35.5. The van der Waals surface area contributed by atoms with Crippen molar-refractivity contribution in [3.63, 3.8) is 0 Å². The third-order valence-corrected chi connectivity index (χ3v) is 7.77. The van der Waals surface area contributed by atoms with E-state index in [0.29, 0.717) is 0 Å². The molecule has 2 aromatic rings. The fourth-order valence-corrected chi connectivity index (χ4v) is 5.23. The number of rotatable bonds is 6. The van der Waals surface area contributed by atoms with Gasteiger partial charge < -0.3 is 10.1 Å². The smallest absolute Gasteiger partial charge is 0.337 e. The highest BCUT2D eigenvalue weighted by molar-refractivity contribution is 7.89. The number of benzene rings is 2. The van der Waals surface area contributed by atoms with Gasteiger partial charge in [0.15, 0.2) is 0 Å². The van der Waals surface area contributed by atoms with Gasteiger partial charge in [0.2, 0.25) is 10.0 Å². The summed E-state index contributed by atoms with van der Waals surface area (Å²) in [6.45, 7) is 0. The van der Waals surface area contributed by atoms with Gasteiger partial charge >= 0.3 is 5.97 Å². The maximum atomic E-state index is 12.9. The second-order valence-corrected chi connectivity index (χ2v) is 9.88. The Balaban J connectivity index is 1.75. The first-order valence-electron chi connectivity index (χ1n) is 10.0. The molecule has 0 aliphatic heterocycles. The van der Waals surface area contributed by atoms with Gasteiger partial charge in [-0.2, -0.15) is 4.31 Å². The first kappa shape index (κ1) is 23.2. The molecule has 0 spiro atoms. The van der Waals surface area contributed by atoms with Crippen LogP contribution >= 0.6 is 11.6 Å². The lowest BCUT2D eigenvalue weighted by atomic mass is 9.96. The first-order chi connectivity index (χ1) is 14.7. The number of hydrogen-bond acceptors (Lipinski definition) is 5. The van der Waals surface area contributed by atoms with Crippen molar-refractivity contribution in [1.29, 1.82) is 0 Å². The Hall–Kier alpha value is -2.42. The van der Waals surface area contributed by atoms with Crippen molar-refractivity contribution >= 4 is 39.2 Å². The van der Waals surface area contributed by atoms with Crippen molar-refractivity contribution < 1.29 is 22.7 Å². The molecule has 0 radical (unpaired) electrons. The number of anilines is 1. The molecule has 0 bridgehead atoms. The molecule has 1 aliphatic carbocycles. The molecule has 166 valence electrons. The predicted molar refractivity (Wildman–Crippen MR) is 119 cm³/mol. The lowest BCUT2D eigenvalue weighted by Gasteiger charge is -2.30. The van der Waals surface area contributed by atoms with E-state index in [4.69, 9.17) is 11.6 Å². The summed E-state index contributed by atoms with van der Waals surface area (Å²) in [5.74, 6) is -1.03. The number of methoxy groups -OCH3 is 1. The largest absolute Gasteiger partial charge is 0.465 e. The molecule has 1 amide bonds. The van der Waals surface area contributed by atoms with Gasteiger partial charge in [0.1, 0.15) is 0 Å². The summed E-state index contributed by atoms with van der Waals surface area (Å²) in [6, 6.07) is 10.2. The van der Waals surface area contributed by atoms with E-state index >= 15 is 0 Å². The summed E-state index contributed by atoms with van der Waals surface area (Å²) in [6.07, 6.45) is 4.93. The standard InChI is InChI=1S/C22H25ClN2O5S/c1-25(17-6-4-3-5-7-17)31(28,29)18-11-8-15(9-12-18)21(26)24-20-14-16(22(27)30-2)10-13-19(20)23/h8-14,17H,3-7H2,1-2H3,(H,24,26). The molecule has 9 heteroatoms. The van der Waals surface area contributed by atoms with Crippen LogP contribution in [-0.2, 0) is 14.8 Å². The zero-order chi connectivity index (χ0) is 22.6. The predicted octanol–water partition coefficient (Wildman–Crippen LogP) is 4.33. The lowest BCUT2D eigenvalue weighted by molar-refractivity contribution is 0.0600. The van der Waals surface area contributed by atoms with Gasteiger partial charge in [-0.05, 0) is 55.3 Å². The maximum absolute atomic E-state index is 12.9. The van der Waals surface area contributed by atoms with E-state index in [1.54, 1.807) is 7.05 Å². The Kier molecular flexibility index (Phi) is 7.35. The average molecular weight is 465 g/mol. The summed E-state index contributed by atoms with van der Waals surface area (Å²) in [5.41, 5.74) is 0.761. The molecule has 1 fully saturated rings. The topological polar surface area (TPSA) is 92.8 Å². The molecular formula is C22H25ClN2O5S. The average Bonchev–Trinajstić information content (AvgIpc) is 2.80. The SMILES string of the molecule is COC(=O)c1ccc(Cl)c(NC(=O)c2ccc(S(=O)(=O)N(C)C3CCCCC3)cc2)c1. The van der Waals surface area contributed by atoms with Crippen LogP contribution in [-0.4, -0.2) is 44.8 Å². The molecule has 7 nitrogen and oxygen atoms in total. The van der Waals surface area contributed by atoms with E-state index in [1.807, 2.05) is 0 Å². The second kappa shape index (κ2) is 9.80. The molecule has 1 N–H and O–H groups in total. The number of esters is 1. The zero-order valence-electron chi connectivity index (χ0n) is 17.4. The van der Waals surface area contributed by atoms with Crippen molar-refractivity contribution in [1.82, 2.24) is 4.31 Å². The minimum Gasteiger partial charge on any atom is -0.465 e. The summed E-state index contributed by atoms with van der Waals surface area (Å²) < 4.78 is 32.0. The third kappa shape index (κ3) is 5.26. The zero-order valence-corrected chi connectivity index (χ0v) is 19.0. The van der Waals surface area contributed by atoms with E-state index in [9.17, 15) is 18.0 Å². The van der Waals surface area contributed by atoms with Gasteiger partial charge in [-0.3, -0.25) is 4.79 Å². The molecule has 31 heavy (non-hydrogen) atoms. The van der Waals surface area contributed by atoms with Crippen molar-refractivity contribution in [2.75, 3.05) is 19.5 Å². The number of amides is 1. The Bertz CT molecular complexity index is 1060. The Morgan fingerprint density at radius 3 is 2.26 bits per heavy atom. The number of halogens is 1. The summed E-state index contributed by atoms with van der Waals surface area (Å²) >= 11 is 6.12. The monoisotopic (exact) mass is 464 g/mol. The van der Waals surface area contributed by atoms with Crippen molar-refractivity contribution in [3.05, 3.63) is 58.6 Å². The highest BCUT2D eigenvalue weighted by Crippen LogP contribution is 2.27. The highest BCUT2D eigenvalue weighted by Gasteiger charge is 2.29. The van der Waals surface area contributed by atoms with Crippen LogP contribution in [0.4, 0.5) is 5.69 Å². The molecule has 2 aromatic carbocycles. The summed E-state index contributed by atoms with van der Waals surface area (Å²) in [7, 11) is -0.762. The van der Waals surface area contributed by atoms with E-state index in [2.05, 4.69) is 10.1 Å². The number of sulfonamides is 1. The Morgan fingerprint density at radius 2 is 1.65 bits per heavy atom. The van der Waals surface area contributed by atoms with Gasteiger partial charge in [0.05, 0.1) is 28.3 Å². The van der Waals surface area contributed by atoms with Crippen LogP contribution in [0.5, 0.6) is 0 Å². The molecular weight excluding hydrogens is 440 g/mol. The van der Waals surface area contributed by atoms with Crippen LogP contribution in [0.1, 0.15) is 52.8 Å². The summed E-state index contributed by atoms with van der Waals surface area (Å²) in [5, 5.41) is 2.90. The minimum atomic E-state index is -3.64. The number of nitrogens with one attached hydrogen (secondary N) is 1. The number of ether oxygens (including phenoxy) is 1. The number of carbonyl (C=O) groups excluding carboxylic acids is 2. The normalized spacial score (nSPS) is 15.0. The van der Waals surface area contributed by atoms with E-state index in [0.717, 1.165) is 32.1 Å². The number of carbonyl (C=O) groups is 2. The van der Waals surface area contributed by atoms with Crippen LogP contribution < -0.4 is 5.32 Å². The molecule has 3 rings (SSSR count). The van der Waals surface area contributed by atoms with Gasteiger partial charge in [-0.25, -0.2) is 13.2 Å². The molecule has 0 aromatic heterocycles. The third-order valence-electron chi connectivity index (χ3n) is 5.52. The van der Waals surface area contributed by atoms with Gasteiger partial charge in [0, 0.05) is 18.7 Å². The maximum Gasteiger partial charge on any atom is 0.337 e. The van der Waals surface area contributed by atoms with E-state index < -0.39 is 21.9 Å². The van der Waals surface area contributed by atoms with E-state index in [-0.39, 0.29) is 32.8 Å². The molecule has 1 saturated carbocycles. The van der Waals surface area contributed by atoms with Crippen LogP contribution in [0, 0.1) is 0 Å². The number of nitrogens with zero attached hydrogens (tertiary/aromatic N) is 1. The summed E-state index contributed by atoms with van der Waals surface area (Å²) in [4.78, 5) is 24.4. The van der Waals surface area contributed by atoms with Crippen molar-refractivity contribution in [2.24, 2.45) is 0 Å².